The number of aromatic nitrogens is 6. The van der Waals surface area contributed by atoms with Gasteiger partial charge in [-0.2, -0.15) is 15.5 Å². The van der Waals surface area contributed by atoms with Crippen molar-refractivity contribution in [2.24, 2.45) is 6.98 Å². The van der Waals surface area contributed by atoms with Crippen molar-refractivity contribution in [3.05, 3.63) is 87.4 Å². The Kier molecular flexibility index (Phi) is 4.37. The fourth-order valence-corrected chi connectivity index (χ4v) is 4.93. The summed E-state index contributed by atoms with van der Waals surface area (Å²) in [7, 11) is 0. The Morgan fingerprint density at radius 1 is 1.22 bits per heavy atom. The van der Waals surface area contributed by atoms with E-state index < -0.39 is 24.3 Å². The second-order valence-corrected chi connectivity index (χ2v) is 8.97. The lowest BCUT2D eigenvalue weighted by Gasteiger charge is -2.21. The number of nitrogens with zero attached hydrogens (tertiary/aromatic N) is 7. The zero-order valence-electron chi connectivity index (χ0n) is 22.8. The van der Waals surface area contributed by atoms with E-state index >= 15 is 4.39 Å². The highest BCUT2D eigenvalue weighted by Gasteiger charge is 2.29. The van der Waals surface area contributed by atoms with E-state index in [9.17, 15) is 14.4 Å². The second kappa shape index (κ2) is 8.25. The first-order chi connectivity index (χ1) is 19.0. The van der Waals surface area contributed by atoms with Crippen LogP contribution in [0.25, 0.3) is 28.1 Å². The van der Waals surface area contributed by atoms with Crippen LogP contribution in [-0.4, -0.2) is 35.2 Å². The minimum absolute atomic E-state index is 0.0423. The molecular weight excluding hydrogens is 478 g/mol. The molecule has 186 valence electrons. The van der Waals surface area contributed by atoms with Crippen LogP contribution < -0.4 is 11.0 Å². The number of rotatable bonds is 3. The Labute approximate surface area is 214 Å². The van der Waals surface area contributed by atoms with Gasteiger partial charge in [-0.1, -0.05) is 0 Å². The molecule has 2 aromatic carbocycles. The minimum Gasteiger partial charge on any atom is -0.310 e. The van der Waals surface area contributed by atoms with Crippen molar-refractivity contribution in [3.8, 4) is 23.3 Å². The number of nitrogens with one attached hydrogen (secondary N) is 1. The molecule has 0 spiro atoms. The first-order valence-corrected chi connectivity index (χ1v) is 11.5. The molecule has 4 heterocycles. The molecule has 0 radical (unpaired) electrons. The van der Waals surface area contributed by atoms with E-state index in [2.05, 4.69) is 10.4 Å². The van der Waals surface area contributed by atoms with Gasteiger partial charge in [0.2, 0.25) is 0 Å². The lowest BCUT2D eigenvalue weighted by Crippen LogP contribution is -2.30. The Bertz CT molecular complexity index is 1930. The summed E-state index contributed by atoms with van der Waals surface area (Å²) in [4.78, 5) is 13.8. The Morgan fingerprint density at radius 3 is 2.81 bits per heavy atom. The molecule has 0 amide bonds. The number of benzene rings is 2. The second-order valence-electron chi connectivity index (χ2n) is 8.97. The standard InChI is InChI=1S/C26H22F2N8O/c1-14-10-17(11-16(12-29)23(14)27)36-25(22-15(2)30-7-6-19(22)32-36)35-9-8-34(26(35)37)21-5-4-20-18(24(21)28)13-31-33(20)3/h4-5,8-11,13,15,30H,6-7H2,1-3H3/t15-/m0/s1/i3D3. The van der Waals surface area contributed by atoms with Gasteiger partial charge >= 0.3 is 5.69 Å². The average molecular weight is 504 g/mol. The molecule has 37 heavy (non-hydrogen) atoms. The summed E-state index contributed by atoms with van der Waals surface area (Å²) in [6, 6.07) is 7.33. The molecule has 1 aliphatic rings. The van der Waals surface area contributed by atoms with Crippen molar-refractivity contribution in [2.75, 3.05) is 6.54 Å². The van der Waals surface area contributed by atoms with Crippen molar-refractivity contribution < 1.29 is 12.9 Å². The number of halogens is 2. The normalized spacial score (nSPS) is 16.7. The van der Waals surface area contributed by atoms with Gasteiger partial charge in [0, 0.05) is 48.1 Å². The maximum Gasteiger partial charge on any atom is 0.338 e. The molecule has 11 heteroatoms. The van der Waals surface area contributed by atoms with Crippen LogP contribution in [0, 0.1) is 29.9 Å². The summed E-state index contributed by atoms with van der Waals surface area (Å²) in [5, 5.41) is 21.3. The third kappa shape index (κ3) is 3.33. The largest absolute Gasteiger partial charge is 0.338 e. The van der Waals surface area contributed by atoms with Crippen LogP contribution in [0.2, 0.25) is 0 Å². The molecule has 1 N–H and O–H groups in total. The third-order valence-corrected chi connectivity index (χ3v) is 6.75. The van der Waals surface area contributed by atoms with Crippen LogP contribution in [0.4, 0.5) is 8.78 Å². The van der Waals surface area contributed by atoms with Crippen LogP contribution >= 0.6 is 0 Å². The molecule has 3 aromatic heterocycles. The quantitative estimate of drug-likeness (QED) is 0.407. The number of hydrogen-bond acceptors (Lipinski definition) is 5. The van der Waals surface area contributed by atoms with Crippen LogP contribution in [0.1, 0.15) is 39.5 Å². The predicted octanol–water partition coefficient (Wildman–Crippen LogP) is 3.37. The van der Waals surface area contributed by atoms with Crippen molar-refractivity contribution >= 4 is 10.9 Å². The lowest BCUT2D eigenvalue weighted by molar-refractivity contribution is 0.536. The molecular formula is C26H22F2N8O. The molecule has 0 aliphatic carbocycles. The van der Waals surface area contributed by atoms with Gasteiger partial charge in [-0.05, 0) is 43.7 Å². The molecule has 0 unspecified atom stereocenters. The van der Waals surface area contributed by atoms with Crippen LogP contribution in [0.3, 0.4) is 0 Å². The summed E-state index contributed by atoms with van der Waals surface area (Å²) in [5.74, 6) is -1.05. The van der Waals surface area contributed by atoms with Crippen LogP contribution in [0.5, 0.6) is 0 Å². The number of hydrogen-bond donors (Lipinski definition) is 1. The fraction of sp³-hybridized carbons (Fsp3) is 0.231. The van der Waals surface area contributed by atoms with E-state index in [4.69, 9.17) is 9.21 Å². The number of fused-ring (bicyclic) bond motifs is 2. The first kappa shape index (κ1) is 19.6. The van der Waals surface area contributed by atoms with Gasteiger partial charge in [-0.15, -0.1) is 0 Å². The lowest BCUT2D eigenvalue weighted by atomic mass is 10.0. The highest BCUT2D eigenvalue weighted by Crippen LogP contribution is 2.32. The van der Waals surface area contributed by atoms with Gasteiger partial charge in [-0.25, -0.2) is 18.3 Å². The molecule has 1 aliphatic heterocycles. The molecule has 1 atom stereocenters. The van der Waals surface area contributed by atoms with E-state index in [0.29, 0.717) is 24.5 Å². The summed E-state index contributed by atoms with van der Waals surface area (Å²) < 4.78 is 57.7. The van der Waals surface area contributed by atoms with E-state index in [-0.39, 0.29) is 33.8 Å². The topological polar surface area (TPSA) is 98.4 Å². The zero-order valence-corrected chi connectivity index (χ0v) is 19.8. The van der Waals surface area contributed by atoms with Crippen molar-refractivity contribution in [3.63, 3.8) is 0 Å². The molecule has 9 nitrogen and oxygen atoms in total. The van der Waals surface area contributed by atoms with Gasteiger partial charge in [-0.3, -0.25) is 13.8 Å². The molecule has 0 saturated carbocycles. The van der Waals surface area contributed by atoms with E-state index in [1.54, 1.807) is 13.0 Å². The molecule has 0 bridgehead atoms. The molecule has 0 fully saturated rings. The summed E-state index contributed by atoms with van der Waals surface area (Å²) in [6.07, 6.45) is 4.58. The SMILES string of the molecule is [2H]C([2H])([2H])n1ncc2c(F)c(-n3ccn(-c4c5c(nn4-c4cc(C)c(F)c(C#N)c4)CCN[C@H]5C)c3=O)ccc21. The maximum atomic E-state index is 15.6. The van der Waals surface area contributed by atoms with Gasteiger partial charge in [0.05, 0.1) is 39.7 Å². The number of nitriles is 1. The van der Waals surface area contributed by atoms with Gasteiger partial charge in [0.25, 0.3) is 0 Å². The summed E-state index contributed by atoms with van der Waals surface area (Å²) in [6.45, 7) is 1.55. The third-order valence-electron chi connectivity index (χ3n) is 6.75. The number of aryl methyl sites for hydroxylation is 2. The Balaban J connectivity index is 1.56. The maximum absolute atomic E-state index is 15.6. The molecule has 5 aromatic rings. The monoisotopic (exact) mass is 503 g/mol. The minimum atomic E-state index is -2.60. The van der Waals surface area contributed by atoms with Crippen LogP contribution in [-0.2, 0) is 13.4 Å². The average Bonchev–Trinajstić information content (AvgIpc) is 3.61. The van der Waals surface area contributed by atoms with Crippen molar-refractivity contribution in [2.45, 2.75) is 26.3 Å². The predicted molar refractivity (Wildman–Crippen MR) is 132 cm³/mol. The highest BCUT2D eigenvalue weighted by molar-refractivity contribution is 5.81. The van der Waals surface area contributed by atoms with Gasteiger partial charge < -0.3 is 5.32 Å². The fourth-order valence-electron chi connectivity index (χ4n) is 4.93. The Morgan fingerprint density at radius 2 is 2.03 bits per heavy atom. The Hall–Kier alpha value is -4.56. The van der Waals surface area contributed by atoms with E-state index in [1.165, 1.54) is 39.8 Å². The molecule has 6 rings (SSSR count). The smallest absolute Gasteiger partial charge is 0.310 e. The zero-order chi connectivity index (χ0) is 28.5. The summed E-state index contributed by atoms with van der Waals surface area (Å²) in [5.41, 5.74) is 1.36. The highest BCUT2D eigenvalue weighted by atomic mass is 19.1. The van der Waals surface area contributed by atoms with E-state index in [1.807, 2.05) is 13.0 Å². The van der Waals surface area contributed by atoms with E-state index in [0.717, 1.165) is 26.7 Å². The molecule has 0 saturated heterocycles. The van der Waals surface area contributed by atoms with Gasteiger partial charge in [0.1, 0.15) is 17.7 Å². The number of imidazole rings is 1. The van der Waals surface area contributed by atoms with Crippen molar-refractivity contribution in [1.29, 1.82) is 5.26 Å². The summed E-state index contributed by atoms with van der Waals surface area (Å²) >= 11 is 0. The van der Waals surface area contributed by atoms with Crippen LogP contribution in [0.15, 0.2) is 47.7 Å². The van der Waals surface area contributed by atoms with Crippen molar-refractivity contribution in [1.82, 2.24) is 34.0 Å². The van der Waals surface area contributed by atoms with Gasteiger partial charge in [0.15, 0.2) is 5.82 Å². The first-order valence-electron chi connectivity index (χ1n) is 13.0.